The summed E-state index contributed by atoms with van der Waals surface area (Å²) >= 11 is 0. The number of anilines is 1. The van der Waals surface area contributed by atoms with Crippen molar-refractivity contribution in [2.24, 2.45) is 0 Å². The number of hydrogen-bond donors (Lipinski definition) is 0. The van der Waals surface area contributed by atoms with Crippen molar-refractivity contribution in [1.29, 1.82) is 0 Å². The predicted octanol–water partition coefficient (Wildman–Crippen LogP) is 7.43. The molecule has 1 aliphatic rings. The number of pyridine rings is 1. The van der Waals surface area contributed by atoms with Gasteiger partial charge in [0.25, 0.3) is 0 Å². The quantitative estimate of drug-likeness (QED) is 0.261. The van der Waals surface area contributed by atoms with Crippen LogP contribution >= 0.6 is 0 Å². The molecule has 37 heavy (non-hydrogen) atoms. The molecule has 6 aromatic rings. The van der Waals surface area contributed by atoms with Gasteiger partial charge >= 0.3 is 0 Å². The molecule has 0 amide bonds. The molecule has 0 spiro atoms. The fraction of sp³-hybridized carbons (Fsp3) is 0.219. The minimum Gasteiger partial charge on any atom is -0.438 e. The number of benzene rings is 3. The lowest BCUT2D eigenvalue weighted by atomic mass is 9.89. The van der Waals surface area contributed by atoms with E-state index in [4.69, 9.17) is 14.4 Å². The van der Waals surface area contributed by atoms with Crippen molar-refractivity contribution in [3.63, 3.8) is 0 Å². The topological polar surface area (TPSA) is 55.1 Å². The fourth-order valence-electron chi connectivity index (χ4n) is 5.45. The Morgan fingerprint density at radius 2 is 1.51 bits per heavy atom. The molecular weight excluding hydrogens is 456 g/mol. The second kappa shape index (κ2) is 8.13. The van der Waals surface area contributed by atoms with E-state index in [1.807, 2.05) is 13.0 Å². The first kappa shape index (κ1) is 22.0. The maximum atomic E-state index is 6.07. The van der Waals surface area contributed by atoms with Crippen LogP contribution < -0.4 is 4.90 Å². The summed E-state index contributed by atoms with van der Waals surface area (Å²) in [4.78, 5) is 16.9. The summed E-state index contributed by atoms with van der Waals surface area (Å²) in [5.41, 5.74) is 12.6. The molecule has 0 bridgehead atoms. The summed E-state index contributed by atoms with van der Waals surface area (Å²) in [7, 11) is 0. The zero-order valence-electron chi connectivity index (χ0n) is 21.5. The van der Waals surface area contributed by atoms with E-state index in [-0.39, 0.29) is 0 Å². The number of aromatic nitrogens is 3. The Labute approximate surface area is 215 Å². The van der Waals surface area contributed by atoms with Gasteiger partial charge in [0.1, 0.15) is 5.58 Å². The van der Waals surface area contributed by atoms with Crippen LogP contribution in [0.3, 0.4) is 0 Å². The summed E-state index contributed by atoms with van der Waals surface area (Å²) < 4.78 is 6.07. The van der Waals surface area contributed by atoms with Gasteiger partial charge in [0, 0.05) is 52.8 Å². The predicted molar refractivity (Wildman–Crippen MR) is 150 cm³/mol. The number of furan rings is 1. The molecule has 5 nitrogen and oxygen atoms in total. The van der Waals surface area contributed by atoms with Crippen molar-refractivity contribution in [3.05, 3.63) is 94.8 Å². The minimum absolute atomic E-state index is 0.481. The van der Waals surface area contributed by atoms with E-state index in [0.29, 0.717) is 11.6 Å². The van der Waals surface area contributed by atoms with E-state index >= 15 is 0 Å². The lowest BCUT2D eigenvalue weighted by molar-refractivity contribution is 0.525. The van der Waals surface area contributed by atoms with Crippen LogP contribution in [0, 0.1) is 27.7 Å². The van der Waals surface area contributed by atoms with Crippen LogP contribution in [0.15, 0.2) is 71.1 Å². The molecular formula is C32H28N4O. The van der Waals surface area contributed by atoms with E-state index in [1.54, 1.807) is 0 Å². The molecule has 3 aromatic carbocycles. The van der Waals surface area contributed by atoms with Crippen LogP contribution in [0.1, 0.15) is 34.0 Å². The van der Waals surface area contributed by atoms with E-state index in [9.17, 15) is 0 Å². The van der Waals surface area contributed by atoms with Crippen LogP contribution in [0.2, 0.25) is 0 Å². The van der Waals surface area contributed by atoms with Gasteiger partial charge in [0.2, 0.25) is 5.71 Å². The fourth-order valence-corrected chi connectivity index (χ4v) is 5.45. The Balaban J connectivity index is 1.15. The van der Waals surface area contributed by atoms with Crippen molar-refractivity contribution in [2.75, 3.05) is 18.0 Å². The molecule has 3 aromatic heterocycles. The Bertz CT molecular complexity index is 1850. The molecule has 0 radical (unpaired) electrons. The minimum atomic E-state index is 0.481. The Hall–Kier alpha value is -4.25. The van der Waals surface area contributed by atoms with Crippen LogP contribution in [0.25, 0.3) is 44.4 Å². The standard InChI is InChI=1S/C32H28N4O/c1-18-12-28-29(13-19(18)2)35-31(21(4)34-28)23-7-5-6-22(14-23)24-16-36(17-24)25-9-11-26-27-10-8-20(3)33-32(27)37-30(26)15-25/h5-15,24H,16-17H2,1-4H3. The molecule has 7 rings (SSSR count). The molecule has 0 aliphatic carbocycles. The maximum absolute atomic E-state index is 6.07. The van der Waals surface area contributed by atoms with Crippen LogP contribution in [-0.4, -0.2) is 28.0 Å². The van der Waals surface area contributed by atoms with E-state index in [0.717, 1.165) is 63.1 Å². The van der Waals surface area contributed by atoms with Gasteiger partial charge in [-0.3, -0.25) is 0 Å². The Morgan fingerprint density at radius 1 is 0.757 bits per heavy atom. The molecule has 1 aliphatic heterocycles. The highest BCUT2D eigenvalue weighted by Gasteiger charge is 2.29. The van der Waals surface area contributed by atoms with Crippen molar-refractivity contribution >= 4 is 38.8 Å². The Kier molecular flexibility index (Phi) is 4.83. The summed E-state index contributed by atoms with van der Waals surface area (Å²) in [6.07, 6.45) is 0. The third-order valence-electron chi connectivity index (χ3n) is 7.79. The van der Waals surface area contributed by atoms with Crippen molar-refractivity contribution < 1.29 is 4.42 Å². The van der Waals surface area contributed by atoms with Crippen molar-refractivity contribution in [1.82, 2.24) is 15.0 Å². The highest BCUT2D eigenvalue weighted by atomic mass is 16.3. The summed E-state index contributed by atoms with van der Waals surface area (Å²) in [6, 6.07) is 23.7. The van der Waals surface area contributed by atoms with Crippen LogP contribution in [-0.2, 0) is 0 Å². The lowest BCUT2D eigenvalue weighted by Gasteiger charge is -2.41. The number of rotatable bonds is 3. The molecule has 0 unspecified atom stereocenters. The van der Waals surface area contributed by atoms with Crippen molar-refractivity contribution in [3.8, 4) is 11.3 Å². The van der Waals surface area contributed by atoms with Crippen LogP contribution in [0.5, 0.6) is 0 Å². The SMILES string of the molecule is Cc1ccc2c(n1)oc1cc(N3CC(c4cccc(-c5nc6cc(C)c(C)cc6nc5C)c4)C3)ccc12. The van der Waals surface area contributed by atoms with E-state index in [1.165, 1.54) is 22.4 Å². The van der Waals surface area contributed by atoms with Crippen LogP contribution in [0.4, 0.5) is 5.69 Å². The highest BCUT2D eigenvalue weighted by molar-refractivity contribution is 6.04. The van der Waals surface area contributed by atoms with Gasteiger partial charge in [-0.25, -0.2) is 15.0 Å². The zero-order valence-corrected chi connectivity index (χ0v) is 21.5. The van der Waals surface area contributed by atoms with Gasteiger partial charge in [-0.2, -0.15) is 0 Å². The first-order chi connectivity index (χ1) is 17.9. The third-order valence-corrected chi connectivity index (χ3v) is 7.79. The smallest absolute Gasteiger partial charge is 0.227 e. The monoisotopic (exact) mass is 484 g/mol. The molecule has 0 atom stereocenters. The largest absolute Gasteiger partial charge is 0.438 e. The molecule has 1 fully saturated rings. The van der Waals surface area contributed by atoms with Gasteiger partial charge in [-0.15, -0.1) is 0 Å². The second-order valence-electron chi connectivity index (χ2n) is 10.4. The second-order valence-corrected chi connectivity index (χ2v) is 10.4. The first-order valence-corrected chi connectivity index (χ1v) is 12.8. The summed E-state index contributed by atoms with van der Waals surface area (Å²) in [5.74, 6) is 0.481. The average Bonchev–Trinajstić information content (AvgIpc) is 3.21. The normalized spacial score (nSPS) is 14.1. The number of hydrogen-bond acceptors (Lipinski definition) is 5. The average molecular weight is 485 g/mol. The lowest BCUT2D eigenvalue weighted by Crippen LogP contribution is -2.45. The number of nitrogens with zero attached hydrogens (tertiary/aromatic N) is 4. The molecule has 0 saturated carbocycles. The molecule has 4 heterocycles. The van der Waals surface area contributed by atoms with E-state index in [2.05, 4.69) is 91.3 Å². The van der Waals surface area contributed by atoms with Gasteiger partial charge in [0.05, 0.1) is 22.4 Å². The molecule has 5 heteroatoms. The number of aryl methyl sites for hydroxylation is 4. The summed E-state index contributed by atoms with van der Waals surface area (Å²) in [5, 5.41) is 2.19. The zero-order chi connectivity index (χ0) is 25.3. The summed E-state index contributed by atoms with van der Waals surface area (Å²) in [6.45, 7) is 10.3. The highest BCUT2D eigenvalue weighted by Crippen LogP contribution is 2.37. The van der Waals surface area contributed by atoms with Gasteiger partial charge in [0.15, 0.2) is 0 Å². The van der Waals surface area contributed by atoms with Crippen molar-refractivity contribution in [2.45, 2.75) is 33.6 Å². The number of fused-ring (bicyclic) bond motifs is 4. The van der Waals surface area contributed by atoms with Gasteiger partial charge in [-0.1, -0.05) is 18.2 Å². The maximum Gasteiger partial charge on any atom is 0.227 e. The third kappa shape index (κ3) is 3.65. The van der Waals surface area contributed by atoms with Gasteiger partial charge in [-0.05, 0) is 86.8 Å². The molecule has 0 N–H and O–H groups in total. The van der Waals surface area contributed by atoms with E-state index < -0.39 is 0 Å². The van der Waals surface area contributed by atoms with Gasteiger partial charge < -0.3 is 9.32 Å². The Morgan fingerprint density at radius 3 is 2.32 bits per heavy atom. The molecule has 1 saturated heterocycles. The first-order valence-electron chi connectivity index (χ1n) is 12.8. The molecule has 182 valence electrons.